The Kier molecular flexibility index (Phi) is 7.41. The van der Waals surface area contributed by atoms with Gasteiger partial charge in [0.05, 0.1) is 11.1 Å². The number of aromatic nitrogens is 1. The predicted molar refractivity (Wildman–Crippen MR) is 102 cm³/mol. The number of benzene rings is 1. The quantitative estimate of drug-likeness (QED) is 0.711. The lowest BCUT2D eigenvalue weighted by atomic mass is 10.1. The molecular weight excluding hydrogens is 314 g/mol. The molecule has 0 radical (unpaired) electrons. The zero-order valence-corrected chi connectivity index (χ0v) is 15.3. The summed E-state index contributed by atoms with van der Waals surface area (Å²) in [7, 11) is 0. The number of rotatable bonds is 9. The number of carbonyl (C=O) groups excluding carboxylic acids is 1. The van der Waals surface area contributed by atoms with E-state index in [-0.39, 0.29) is 5.91 Å². The van der Waals surface area contributed by atoms with Crippen molar-refractivity contribution in [1.29, 1.82) is 0 Å². The van der Waals surface area contributed by atoms with Crippen molar-refractivity contribution < 1.29 is 9.53 Å². The number of fused-ring (bicyclic) bond motifs is 1. The fraction of sp³-hybridized carbons (Fsp3) is 0.400. The SMILES string of the molecule is C/C=C/COc1cc(C(=O)NCCN(CC)CC)c2ccccc2n1. The van der Waals surface area contributed by atoms with Gasteiger partial charge in [-0.15, -0.1) is 0 Å². The molecule has 25 heavy (non-hydrogen) atoms. The molecule has 0 fully saturated rings. The van der Waals surface area contributed by atoms with Gasteiger partial charge in [0, 0.05) is 24.5 Å². The monoisotopic (exact) mass is 341 g/mol. The maximum absolute atomic E-state index is 12.7. The van der Waals surface area contributed by atoms with Crippen molar-refractivity contribution in [2.75, 3.05) is 32.8 Å². The fourth-order valence-electron chi connectivity index (χ4n) is 2.61. The molecule has 0 bridgehead atoms. The summed E-state index contributed by atoms with van der Waals surface area (Å²) in [5, 5.41) is 3.84. The molecule has 134 valence electrons. The summed E-state index contributed by atoms with van der Waals surface area (Å²) in [6.07, 6.45) is 3.82. The molecule has 0 aliphatic carbocycles. The number of para-hydroxylation sites is 1. The van der Waals surface area contributed by atoms with E-state index in [1.165, 1.54) is 0 Å². The molecule has 0 aliphatic rings. The van der Waals surface area contributed by atoms with Crippen molar-refractivity contribution in [2.45, 2.75) is 20.8 Å². The van der Waals surface area contributed by atoms with Gasteiger partial charge < -0.3 is 15.0 Å². The van der Waals surface area contributed by atoms with Gasteiger partial charge >= 0.3 is 0 Å². The molecule has 1 amide bonds. The summed E-state index contributed by atoms with van der Waals surface area (Å²) in [5.41, 5.74) is 1.36. The predicted octanol–water partition coefficient (Wildman–Crippen LogP) is 3.26. The number of hydrogen-bond donors (Lipinski definition) is 1. The smallest absolute Gasteiger partial charge is 0.252 e. The number of allylic oxidation sites excluding steroid dienone is 1. The van der Waals surface area contributed by atoms with E-state index in [2.05, 4.69) is 29.0 Å². The first kappa shape index (κ1) is 18.9. The summed E-state index contributed by atoms with van der Waals surface area (Å²) in [6.45, 7) is 10.0. The van der Waals surface area contributed by atoms with Gasteiger partial charge in [-0.25, -0.2) is 4.98 Å². The number of ether oxygens (including phenoxy) is 1. The first-order valence-electron chi connectivity index (χ1n) is 8.83. The first-order valence-corrected chi connectivity index (χ1v) is 8.83. The number of pyridine rings is 1. The van der Waals surface area contributed by atoms with Gasteiger partial charge in [-0.2, -0.15) is 0 Å². The highest BCUT2D eigenvalue weighted by molar-refractivity contribution is 6.06. The van der Waals surface area contributed by atoms with Crippen LogP contribution in [0.1, 0.15) is 31.1 Å². The molecule has 0 saturated carbocycles. The van der Waals surface area contributed by atoms with E-state index in [0.717, 1.165) is 30.5 Å². The molecule has 0 unspecified atom stereocenters. The molecular formula is C20H27N3O2. The van der Waals surface area contributed by atoms with Gasteiger partial charge in [0.25, 0.3) is 5.91 Å². The van der Waals surface area contributed by atoms with Crippen molar-refractivity contribution in [2.24, 2.45) is 0 Å². The lowest BCUT2D eigenvalue weighted by Gasteiger charge is -2.18. The molecule has 2 aromatic rings. The van der Waals surface area contributed by atoms with E-state index < -0.39 is 0 Å². The van der Waals surface area contributed by atoms with Gasteiger partial charge in [0.15, 0.2) is 0 Å². The number of nitrogens with one attached hydrogen (secondary N) is 1. The molecule has 0 atom stereocenters. The molecule has 1 aromatic heterocycles. The Hall–Kier alpha value is -2.40. The number of carbonyl (C=O) groups is 1. The zero-order valence-electron chi connectivity index (χ0n) is 15.3. The van der Waals surface area contributed by atoms with Crippen molar-refractivity contribution in [3.63, 3.8) is 0 Å². The lowest BCUT2D eigenvalue weighted by Crippen LogP contribution is -2.34. The first-order chi connectivity index (χ1) is 12.2. The lowest BCUT2D eigenvalue weighted by molar-refractivity contribution is 0.0950. The largest absolute Gasteiger partial charge is 0.473 e. The van der Waals surface area contributed by atoms with Crippen LogP contribution in [0.4, 0.5) is 0 Å². The Morgan fingerprint density at radius 2 is 2.04 bits per heavy atom. The van der Waals surface area contributed by atoms with Crippen LogP contribution >= 0.6 is 0 Å². The standard InChI is InChI=1S/C20H27N3O2/c1-4-7-14-25-19-15-17(16-10-8-9-11-18(16)22-19)20(24)21-12-13-23(5-2)6-3/h4,7-11,15H,5-6,12-14H2,1-3H3,(H,21,24)/b7-4+. The molecule has 1 N–H and O–H groups in total. The van der Waals surface area contributed by atoms with Crippen molar-refractivity contribution in [1.82, 2.24) is 15.2 Å². The van der Waals surface area contributed by atoms with Gasteiger partial charge in [-0.05, 0) is 26.1 Å². The Labute approximate surface area is 149 Å². The maximum Gasteiger partial charge on any atom is 0.252 e. The van der Waals surface area contributed by atoms with Crippen LogP contribution in [0.3, 0.4) is 0 Å². The van der Waals surface area contributed by atoms with E-state index in [0.29, 0.717) is 24.6 Å². The highest BCUT2D eigenvalue weighted by Gasteiger charge is 2.13. The van der Waals surface area contributed by atoms with Crippen LogP contribution < -0.4 is 10.1 Å². The number of amides is 1. The van der Waals surface area contributed by atoms with Crippen molar-refractivity contribution in [3.05, 3.63) is 48.0 Å². The average molecular weight is 341 g/mol. The van der Waals surface area contributed by atoms with Crippen LogP contribution in [0.2, 0.25) is 0 Å². The third-order valence-corrected chi connectivity index (χ3v) is 4.11. The number of nitrogens with zero attached hydrogens (tertiary/aromatic N) is 2. The molecule has 0 aliphatic heterocycles. The third kappa shape index (κ3) is 5.29. The minimum absolute atomic E-state index is 0.0957. The Balaban J connectivity index is 2.17. The van der Waals surface area contributed by atoms with E-state index >= 15 is 0 Å². The molecule has 0 spiro atoms. The summed E-state index contributed by atoms with van der Waals surface area (Å²) >= 11 is 0. The Morgan fingerprint density at radius 3 is 2.76 bits per heavy atom. The highest BCUT2D eigenvalue weighted by Crippen LogP contribution is 2.22. The molecule has 1 heterocycles. The minimum atomic E-state index is -0.0957. The van der Waals surface area contributed by atoms with Crippen LogP contribution in [0, 0.1) is 0 Å². The van der Waals surface area contributed by atoms with Gasteiger partial charge in [-0.1, -0.05) is 44.2 Å². The highest BCUT2D eigenvalue weighted by atomic mass is 16.5. The van der Waals surface area contributed by atoms with E-state index in [9.17, 15) is 4.79 Å². The van der Waals surface area contributed by atoms with E-state index in [1.807, 2.05) is 43.3 Å². The summed E-state index contributed by atoms with van der Waals surface area (Å²) in [6, 6.07) is 9.35. The molecule has 1 aromatic carbocycles. The second-order valence-electron chi connectivity index (χ2n) is 5.69. The number of likely N-dealkylation sites (N-methyl/N-ethyl adjacent to an activating group) is 1. The van der Waals surface area contributed by atoms with Gasteiger partial charge in [-0.3, -0.25) is 4.79 Å². The zero-order chi connectivity index (χ0) is 18.1. The van der Waals surface area contributed by atoms with Crippen molar-refractivity contribution >= 4 is 16.8 Å². The Morgan fingerprint density at radius 1 is 1.28 bits per heavy atom. The minimum Gasteiger partial charge on any atom is -0.473 e. The van der Waals surface area contributed by atoms with Crippen LogP contribution in [-0.4, -0.2) is 48.6 Å². The second kappa shape index (κ2) is 9.79. The van der Waals surface area contributed by atoms with E-state index in [4.69, 9.17) is 4.74 Å². The topological polar surface area (TPSA) is 54.5 Å². The summed E-state index contributed by atoms with van der Waals surface area (Å²) in [4.78, 5) is 19.4. The fourth-order valence-corrected chi connectivity index (χ4v) is 2.61. The van der Waals surface area contributed by atoms with Crippen LogP contribution in [-0.2, 0) is 0 Å². The van der Waals surface area contributed by atoms with Gasteiger partial charge in [0.2, 0.25) is 5.88 Å². The van der Waals surface area contributed by atoms with Gasteiger partial charge in [0.1, 0.15) is 6.61 Å². The summed E-state index contributed by atoms with van der Waals surface area (Å²) < 4.78 is 5.64. The molecule has 2 rings (SSSR count). The van der Waals surface area contributed by atoms with Crippen LogP contribution in [0.5, 0.6) is 5.88 Å². The van der Waals surface area contributed by atoms with Crippen LogP contribution in [0.25, 0.3) is 10.9 Å². The van der Waals surface area contributed by atoms with Crippen LogP contribution in [0.15, 0.2) is 42.5 Å². The maximum atomic E-state index is 12.7. The second-order valence-corrected chi connectivity index (χ2v) is 5.69. The third-order valence-electron chi connectivity index (χ3n) is 4.11. The molecule has 5 heteroatoms. The van der Waals surface area contributed by atoms with E-state index in [1.54, 1.807) is 6.07 Å². The normalized spacial score (nSPS) is 11.4. The summed E-state index contributed by atoms with van der Waals surface area (Å²) in [5.74, 6) is 0.368. The number of hydrogen-bond acceptors (Lipinski definition) is 4. The molecule has 5 nitrogen and oxygen atoms in total. The average Bonchev–Trinajstić information content (AvgIpc) is 2.64. The Bertz CT molecular complexity index is 724. The molecule has 0 saturated heterocycles. The van der Waals surface area contributed by atoms with Crippen molar-refractivity contribution in [3.8, 4) is 5.88 Å².